The second kappa shape index (κ2) is 7.50. The first kappa shape index (κ1) is 18.5. The summed E-state index contributed by atoms with van der Waals surface area (Å²) < 4.78 is 22.7. The molecule has 5 nitrogen and oxygen atoms in total. The number of ether oxygens (including phenoxy) is 1. The van der Waals surface area contributed by atoms with E-state index in [1.165, 1.54) is 29.0 Å². The molecule has 0 aliphatic rings. The number of benzene rings is 2. The van der Waals surface area contributed by atoms with Crippen LogP contribution < -0.4 is 4.74 Å². The van der Waals surface area contributed by atoms with Crippen LogP contribution in [0.15, 0.2) is 41.0 Å². The molecule has 0 saturated heterocycles. The van der Waals surface area contributed by atoms with Gasteiger partial charge < -0.3 is 19.4 Å². The number of aromatic nitrogens is 2. The summed E-state index contributed by atoms with van der Waals surface area (Å²) in [5, 5.41) is 18.8. The maximum Gasteiger partial charge on any atom is 0.207 e. The third kappa shape index (κ3) is 3.90. The third-order valence-corrected chi connectivity index (χ3v) is 4.64. The molecular formula is C17H10BrClFN3O2S. The molecule has 1 aromatic heterocycles. The van der Waals surface area contributed by atoms with Gasteiger partial charge in [-0.2, -0.15) is 5.26 Å². The number of rotatable bonds is 4. The molecule has 0 spiro atoms. The lowest BCUT2D eigenvalue weighted by molar-refractivity contribution is 0.434. The number of aromatic hydroxyl groups is 1. The number of halogens is 3. The van der Waals surface area contributed by atoms with Crippen LogP contribution in [0.3, 0.4) is 0 Å². The molecule has 0 unspecified atom stereocenters. The molecular weight excluding hydrogens is 445 g/mol. The molecule has 1 heterocycles. The highest BCUT2D eigenvalue weighted by atomic mass is 79.9. The number of hydrogen-bond acceptors (Lipinski definition) is 4. The molecule has 132 valence electrons. The highest BCUT2D eigenvalue weighted by Gasteiger charge is 2.16. The Kier molecular flexibility index (Phi) is 5.32. The van der Waals surface area contributed by atoms with Crippen LogP contribution in [0.25, 0.3) is 0 Å². The van der Waals surface area contributed by atoms with Crippen LogP contribution in [-0.4, -0.2) is 14.7 Å². The molecule has 0 atom stereocenters. The van der Waals surface area contributed by atoms with Crippen LogP contribution in [0.5, 0.6) is 17.4 Å². The largest absolute Gasteiger partial charge is 0.493 e. The first-order chi connectivity index (χ1) is 12.4. The van der Waals surface area contributed by atoms with Crippen LogP contribution in [0, 0.1) is 21.9 Å². The van der Waals surface area contributed by atoms with E-state index in [-0.39, 0.29) is 28.7 Å². The van der Waals surface area contributed by atoms with Gasteiger partial charge in [0.1, 0.15) is 5.75 Å². The first-order valence-electron chi connectivity index (χ1n) is 7.21. The Morgan fingerprint density at radius 3 is 2.81 bits per heavy atom. The Labute approximate surface area is 166 Å². The number of imidazole rings is 1. The summed E-state index contributed by atoms with van der Waals surface area (Å²) in [6.45, 7) is 0.102. The summed E-state index contributed by atoms with van der Waals surface area (Å²) in [6, 6.07) is 9.62. The van der Waals surface area contributed by atoms with Crippen LogP contribution in [0.2, 0.25) is 5.02 Å². The zero-order chi connectivity index (χ0) is 18.8. The Morgan fingerprint density at radius 1 is 1.38 bits per heavy atom. The van der Waals surface area contributed by atoms with E-state index in [9.17, 15) is 9.50 Å². The van der Waals surface area contributed by atoms with Crippen molar-refractivity contribution in [3.8, 4) is 23.4 Å². The summed E-state index contributed by atoms with van der Waals surface area (Å²) in [5.41, 5.74) is 0.607. The molecule has 0 aliphatic heterocycles. The molecule has 0 bridgehead atoms. The summed E-state index contributed by atoms with van der Waals surface area (Å²) in [7, 11) is 0. The van der Waals surface area contributed by atoms with Gasteiger partial charge in [-0.05, 0) is 52.4 Å². The zero-order valence-corrected chi connectivity index (χ0v) is 16.1. The first-order valence-corrected chi connectivity index (χ1v) is 8.79. The lowest BCUT2D eigenvalue weighted by Crippen LogP contribution is -2.03. The van der Waals surface area contributed by atoms with Gasteiger partial charge in [0.2, 0.25) is 5.88 Å². The summed E-state index contributed by atoms with van der Waals surface area (Å²) in [4.78, 5) is 2.56. The smallest absolute Gasteiger partial charge is 0.207 e. The Morgan fingerprint density at radius 2 is 2.15 bits per heavy atom. The minimum absolute atomic E-state index is 0.0417. The maximum atomic E-state index is 15.0. The molecule has 2 N–H and O–H groups in total. The van der Waals surface area contributed by atoms with Gasteiger partial charge in [0.25, 0.3) is 0 Å². The lowest BCUT2D eigenvalue weighted by atomic mass is 10.2. The van der Waals surface area contributed by atoms with Crippen molar-refractivity contribution in [1.29, 1.82) is 5.26 Å². The van der Waals surface area contributed by atoms with Crippen molar-refractivity contribution in [1.82, 2.24) is 9.55 Å². The van der Waals surface area contributed by atoms with Crippen LogP contribution in [-0.2, 0) is 6.54 Å². The predicted octanol–water partition coefficient (Wildman–Crippen LogP) is 5.52. The van der Waals surface area contributed by atoms with E-state index in [2.05, 4.69) is 20.9 Å². The van der Waals surface area contributed by atoms with E-state index in [1.54, 1.807) is 12.1 Å². The minimum Gasteiger partial charge on any atom is -0.493 e. The second-order valence-electron chi connectivity index (χ2n) is 5.31. The number of hydrogen-bond donors (Lipinski definition) is 2. The number of nitrogens with one attached hydrogen (secondary N) is 1. The van der Waals surface area contributed by atoms with Crippen LogP contribution in [0.4, 0.5) is 4.39 Å². The highest BCUT2D eigenvalue weighted by molar-refractivity contribution is 9.10. The number of nitriles is 1. The van der Waals surface area contributed by atoms with Gasteiger partial charge in [0, 0.05) is 10.6 Å². The van der Waals surface area contributed by atoms with E-state index in [0.29, 0.717) is 20.6 Å². The standard InChI is InChI=1S/C17H10BrClFN3O2S/c18-13-2-1-10(7-23-8-14(24)22-17(23)26)15(20)16(13)25-12-4-9(6-21)3-11(19)5-12/h1-5,8,24H,7H2,(H,22,26). The summed E-state index contributed by atoms with van der Waals surface area (Å²) in [6.07, 6.45) is 1.38. The van der Waals surface area contributed by atoms with E-state index >= 15 is 0 Å². The summed E-state index contributed by atoms with van der Waals surface area (Å²) >= 11 is 14.3. The van der Waals surface area contributed by atoms with Crippen molar-refractivity contribution >= 4 is 39.7 Å². The molecule has 0 fully saturated rings. The van der Waals surface area contributed by atoms with Crippen molar-refractivity contribution in [3.63, 3.8) is 0 Å². The minimum atomic E-state index is -0.597. The molecule has 0 aliphatic carbocycles. The molecule has 2 aromatic carbocycles. The van der Waals surface area contributed by atoms with Gasteiger partial charge in [0.15, 0.2) is 16.3 Å². The topological polar surface area (TPSA) is 74.0 Å². The van der Waals surface area contributed by atoms with Crippen LogP contribution >= 0.6 is 39.7 Å². The molecule has 0 radical (unpaired) electrons. The number of H-pyrrole nitrogens is 1. The Hall–Kier alpha value is -2.34. The monoisotopic (exact) mass is 453 g/mol. The normalized spacial score (nSPS) is 10.5. The van der Waals surface area contributed by atoms with E-state index < -0.39 is 5.82 Å². The fourth-order valence-corrected chi connectivity index (χ4v) is 3.15. The van der Waals surface area contributed by atoms with Crippen LogP contribution in [0.1, 0.15) is 11.1 Å². The Bertz CT molecular complexity index is 1090. The van der Waals surface area contributed by atoms with Gasteiger partial charge in [-0.1, -0.05) is 17.7 Å². The molecule has 0 amide bonds. The fourth-order valence-electron chi connectivity index (χ4n) is 2.31. The van der Waals surface area contributed by atoms with E-state index in [0.717, 1.165) is 0 Å². The Balaban J connectivity index is 1.98. The SMILES string of the molecule is N#Cc1cc(Cl)cc(Oc2c(Br)ccc(Cn3cc(O)[nH]c3=S)c2F)c1. The lowest BCUT2D eigenvalue weighted by Gasteiger charge is -2.13. The van der Waals surface area contributed by atoms with Gasteiger partial charge in [-0.25, -0.2) is 4.39 Å². The predicted molar refractivity (Wildman–Crippen MR) is 101 cm³/mol. The maximum absolute atomic E-state index is 15.0. The molecule has 9 heteroatoms. The van der Waals surface area contributed by atoms with Gasteiger partial charge in [-0.3, -0.25) is 0 Å². The van der Waals surface area contributed by atoms with Crippen molar-refractivity contribution in [2.75, 3.05) is 0 Å². The highest BCUT2D eigenvalue weighted by Crippen LogP contribution is 2.35. The number of nitrogens with zero attached hydrogens (tertiary/aromatic N) is 2. The van der Waals surface area contributed by atoms with E-state index in [1.807, 2.05) is 6.07 Å². The van der Waals surface area contributed by atoms with Gasteiger partial charge >= 0.3 is 0 Å². The quantitative estimate of drug-likeness (QED) is 0.509. The van der Waals surface area contributed by atoms with Gasteiger partial charge in [0.05, 0.1) is 28.8 Å². The second-order valence-corrected chi connectivity index (χ2v) is 6.99. The number of aromatic amines is 1. The van der Waals surface area contributed by atoms with Crippen molar-refractivity contribution in [2.24, 2.45) is 0 Å². The van der Waals surface area contributed by atoms with Crippen molar-refractivity contribution in [3.05, 3.63) is 67.7 Å². The summed E-state index contributed by atoms with van der Waals surface area (Å²) in [5.74, 6) is -0.506. The van der Waals surface area contributed by atoms with Crippen molar-refractivity contribution < 1.29 is 14.2 Å². The average molecular weight is 455 g/mol. The zero-order valence-electron chi connectivity index (χ0n) is 13.0. The third-order valence-electron chi connectivity index (χ3n) is 3.46. The molecule has 0 saturated carbocycles. The molecule has 3 aromatic rings. The fraction of sp³-hybridized carbons (Fsp3) is 0.0588. The van der Waals surface area contributed by atoms with Crippen molar-refractivity contribution in [2.45, 2.75) is 6.54 Å². The molecule has 26 heavy (non-hydrogen) atoms. The molecule has 3 rings (SSSR count). The van der Waals surface area contributed by atoms with Gasteiger partial charge in [-0.15, -0.1) is 0 Å². The average Bonchev–Trinajstić information content (AvgIpc) is 2.91. The van der Waals surface area contributed by atoms with E-state index in [4.69, 9.17) is 33.8 Å².